The van der Waals surface area contributed by atoms with Crippen molar-refractivity contribution in [2.75, 3.05) is 0 Å². The van der Waals surface area contributed by atoms with E-state index in [0.29, 0.717) is 17.0 Å². The number of hydrogen-bond acceptors (Lipinski definition) is 2. The molecule has 0 spiro atoms. The molecule has 3 N–H and O–H groups in total. The van der Waals surface area contributed by atoms with Gasteiger partial charge in [-0.25, -0.2) is 0 Å². The summed E-state index contributed by atoms with van der Waals surface area (Å²) in [6, 6.07) is 13.7. The van der Waals surface area contributed by atoms with E-state index in [1.165, 1.54) is 0 Å². The molecule has 0 fully saturated rings. The van der Waals surface area contributed by atoms with Gasteiger partial charge in [-0.15, -0.1) is 0 Å². The monoisotopic (exact) mass is 358 g/mol. The maximum absolute atomic E-state index is 12.4. The molecule has 25 heavy (non-hydrogen) atoms. The lowest BCUT2D eigenvalue weighted by Gasteiger charge is -2.19. The number of nitrogens with one attached hydrogen (secondary N) is 1. The molecule has 2 rings (SSSR count). The van der Waals surface area contributed by atoms with Gasteiger partial charge in [0.1, 0.15) is 6.04 Å². The van der Waals surface area contributed by atoms with Crippen LogP contribution in [0.15, 0.2) is 48.5 Å². The van der Waals surface area contributed by atoms with Crippen molar-refractivity contribution in [3.8, 4) is 0 Å². The molecule has 0 aromatic heterocycles. The zero-order chi connectivity index (χ0) is 18.6. The Kier molecular flexibility index (Phi) is 5.85. The van der Waals surface area contributed by atoms with E-state index in [1.807, 2.05) is 18.2 Å². The molecular formula is C20H23ClN2O2. The predicted molar refractivity (Wildman–Crippen MR) is 101 cm³/mol. The second-order valence-electron chi connectivity index (χ2n) is 7.09. The van der Waals surface area contributed by atoms with Crippen LogP contribution in [0.4, 0.5) is 0 Å². The van der Waals surface area contributed by atoms with Crippen molar-refractivity contribution in [1.82, 2.24) is 5.32 Å². The number of halogens is 1. The number of carbonyl (C=O) groups is 2. The lowest BCUT2D eigenvalue weighted by Crippen LogP contribution is -2.45. The van der Waals surface area contributed by atoms with Crippen LogP contribution in [-0.2, 0) is 16.6 Å². The van der Waals surface area contributed by atoms with Crippen molar-refractivity contribution in [1.29, 1.82) is 0 Å². The molecule has 0 heterocycles. The molecule has 2 aromatic rings. The molecule has 132 valence electrons. The summed E-state index contributed by atoms with van der Waals surface area (Å²) < 4.78 is 0. The second kappa shape index (κ2) is 7.70. The lowest BCUT2D eigenvalue weighted by molar-refractivity contribution is -0.119. The average Bonchev–Trinajstić information content (AvgIpc) is 2.53. The van der Waals surface area contributed by atoms with Crippen LogP contribution in [0.25, 0.3) is 0 Å². The Bertz CT molecular complexity index is 764. The summed E-state index contributed by atoms with van der Waals surface area (Å²) in [5.74, 6) is -0.911. The zero-order valence-corrected chi connectivity index (χ0v) is 15.4. The van der Waals surface area contributed by atoms with E-state index < -0.39 is 11.9 Å². The topological polar surface area (TPSA) is 72.2 Å². The van der Waals surface area contributed by atoms with E-state index >= 15 is 0 Å². The number of primary amides is 1. The molecule has 0 aliphatic rings. The van der Waals surface area contributed by atoms with Crippen LogP contribution in [0, 0.1) is 0 Å². The summed E-state index contributed by atoms with van der Waals surface area (Å²) in [5, 5.41) is 3.28. The molecule has 0 saturated carbocycles. The van der Waals surface area contributed by atoms with E-state index in [0.717, 1.165) is 11.1 Å². The Morgan fingerprint density at radius 2 is 1.76 bits per heavy atom. The van der Waals surface area contributed by atoms with Gasteiger partial charge in [0.05, 0.1) is 0 Å². The van der Waals surface area contributed by atoms with Gasteiger partial charge in [-0.1, -0.05) is 56.6 Å². The molecule has 2 amide bonds. The largest absolute Gasteiger partial charge is 0.368 e. The standard InChI is InChI=1S/C20H23ClN2O2/c1-20(2,3)15-9-7-14(8-10-15)19(25)23-17(18(22)24)12-13-5-4-6-16(21)11-13/h4-11,17H,12H2,1-3H3,(H2,22,24)(H,23,25)/t17-/m0/s1. The summed E-state index contributed by atoms with van der Waals surface area (Å²) in [6.45, 7) is 6.32. The van der Waals surface area contributed by atoms with Crippen LogP contribution < -0.4 is 11.1 Å². The van der Waals surface area contributed by atoms with Gasteiger partial charge in [0.25, 0.3) is 5.91 Å². The van der Waals surface area contributed by atoms with E-state index in [4.69, 9.17) is 17.3 Å². The summed E-state index contributed by atoms with van der Waals surface area (Å²) >= 11 is 5.96. The fourth-order valence-corrected chi connectivity index (χ4v) is 2.70. The Morgan fingerprint density at radius 1 is 1.12 bits per heavy atom. The van der Waals surface area contributed by atoms with Crippen LogP contribution in [0.1, 0.15) is 42.3 Å². The quantitative estimate of drug-likeness (QED) is 0.859. The maximum Gasteiger partial charge on any atom is 0.251 e. The smallest absolute Gasteiger partial charge is 0.251 e. The zero-order valence-electron chi connectivity index (χ0n) is 14.7. The molecule has 0 bridgehead atoms. The first-order chi connectivity index (χ1) is 11.7. The first kappa shape index (κ1) is 19.0. The minimum Gasteiger partial charge on any atom is -0.368 e. The summed E-state index contributed by atoms with van der Waals surface area (Å²) in [7, 11) is 0. The number of amides is 2. The van der Waals surface area contributed by atoms with Gasteiger partial charge in [-0.05, 0) is 40.8 Å². The molecule has 0 aliphatic heterocycles. The third-order valence-corrected chi connectivity index (χ3v) is 4.23. The van der Waals surface area contributed by atoms with Gasteiger partial charge in [-0.2, -0.15) is 0 Å². The van der Waals surface area contributed by atoms with E-state index in [9.17, 15) is 9.59 Å². The lowest BCUT2D eigenvalue weighted by atomic mass is 9.86. The van der Waals surface area contributed by atoms with E-state index in [1.54, 1.807) is 30.3 Å². The second-order valence-corrected chi connectivity index (χ2v) is 7.53. The van der Waals surface area contributed by atoms with Gasteiger partial charge < -0.3 is 11.1 Å². The van der Waals surface area contributed by atoms with Crippen LogP contribution >= 0.6 is 11.6 Å². The minimum atomic E-state index is -0.798. The van der Waals surface area contributed by atoms with Gasteiger partial charge >= 0.3 is 0 Å². The first-order valence-corrected chi connectivity index (χ1v) is 8.50. The molecule has 5 heteroatoms. The predicted octanol–water partition coefficient (Wildman–Crippen LogP) is 3.46. The highest BCUT2D eigenvalue weighted by Crippen LogP contribution is 2.22. The molecule has 0 unspecified atom stereocenters. The molecule has 1 atom stereocenters. The third kappa shape index (κ3) is 5.33. The molecule has 4 nitrogen and oxygen atoms in total. The normalized spacial score (nSPS) is 12.5. The van der Waals surface area contributed by atoms with Crippen molar-refractivity contribution < 1.29 is 9.59 Å². The molecule has 0 saturated heterocycles. The van der Waals surface area contributed by atoms with E-state index in [-0.39, 0.29) is 11.3 Å². The van der Waals surface area contributed by atoms with Crippen molar-refractivity contribution in [3.63, 3.8) is 0 Å². The Morgan fingerprint density at radius 3 is 2.28 bits per heavy atom. The van der Waals surface area contributed by atoms with Gasteiger partial charge in [0, 0.05) is 17.0 Å². The minimum absolute atomic E-state index is 0.0113. The van der Waals surface area contributed by atoms with Gasteiger partial charge in [0.2, 0.25) is 5.91 Å². The highest BCUT2D eigenvalue weighted by molar-refractivity contribution is 6.30. The summed E-state index contributed by atoms with van der Waals surface area (Å²) in [4.78, 5) is 24.1. The van der Waals surface area contributed by atoms with Crippen molar-refractivity contribution >= 4 is 23.4 Å². The fraction of sp³-hybridized carbons (Fsp3) is 0.300. The molecule has 0 aliphatic carbocycles. The number of carbonyl (C=O) groups excluding carboxylic acids is 2. The SMILES string of the molecule is CC(C)(C)c1ccc(C(=O)N[C@@H](Cc2cccc(Cl)c2)C(N)=O)cc1. The Hall–Kier alpha value is -2.33. The van der Waals surface area contributed by atoms with E-state index in [2.05, 4.69) is 26.1 Å². The van der Waals surface area contributed by atoms with Crippen molar-refractivity contribution in [3.05, 3.63) is 70.2 Å². The van der Waals surface area contributed by atoms with Gasteiger partial charge in [-0.3, -0.25) is 9.59 Å². The van der Waals surface area contributed by atoms with Crippen LogP contribution in [0.5, 0.6) is 0 Å². The first-order valence-electron chi connectivity index (χ1n) is 8.12. The number of hydrogen-bond donors (Lipinski definition) is 2. The molecular weight excluding hydrogens is 336 g/mol. The van der Waals surface area contributed by atoms with Crippen LogP contribution in [-0.4, -0.2) is 17.9 Å². The van der Waals surface area contributed by atoms with Gasteiger partial charge in [0.15, 0.2) is 0 Å². The van der Waals surface area contributed by atoms with Crippen LogP contribution in [0.2, 0.25) is 5.02 Å². The summed E-state index contributed by atoms with van der Waals surface area (Å²) in [5.41, 5.74) is 7.91. The molecule has 0 radical (unpaired) electrons. The maximum atomic E-state index is 12.4. The molecule has 2 aromatic carbocycles. The number of rotatable bonds is 5. The Balaban J connectivity index is 2.11. The van der Waals surface area contributed by atoms with Crippen molar-refractivity contribution in [2.24, 2.45) is 5.73 Å². The Labute approximate surface area is 153 Å². The van der Waals surface area contributed by atoms with Crippen molar-refractivity contribution in [2.45, 2.75) is 38.6 Å². The highest BCUT2D eigenvalue weighted by Gasteiger charge is 2.20. The number of benzene rings is 2. The average molecular weight is 359 g/mol. The summed E-state index contributed by atoms with van der Waals surface area (Å²) in [6.07, 6.45) is 0.293. The van der Waals surface area contributed by atoms with Crippen LogP contribution in [0.3, 0.4) is 0 Å². The third-order valence-electron chi connectivity index (χ3n) is 3.99. The fourth-order valence-electron chi connectivity index (χ4n) is 2.49. The highest BCUT2D eigenvalue weighted by atomic mass is 35.5. The number of nitrogens with two attached hydrogens (primary N) is 1.